The molecule has 0 fully saturated rings. The molecule has 1 atom stereocenters. The van der Waals surface area contributed by atoms with E-state index in [9.17, 15) is 0 Å². The summed E-state index contributed by atoms with van der Waals surface area (Å²) in [4.78, 5) is 0. The zero-order chi connectivity index (χ0) is 19.4. The molecule has 0 aliphatic rings. The zero-order valence-corrected chi connectivity index (χ0v) is 20.0. The summed E-state index contributed by atoms with van der Waals surface area (Å²) in [6.45, 7) is 2.30. The maximum Gasteiger partial charge on any atom is 0.0867 e. The lowest BCUT2D eigenvalue weighted by Gasteiger charge is -2.12. The molecule has 0 amide bonds. The Bertz CT molecular complexity index is 406. The van der Waals surface area contributed by atoms with E-state index in [0.717, 1.165) is 5.50 Å². The summed E-state index contributed by atoms with van der Waals surface area (Å²) in [5, 5.41) is 1.55. The molecule has 0 saturated carbocycles. The highest BCUT2D eigenvalue weighted by atomic mass is 35.5. The molecule has 1 rings (SSSR count). The second-order valence-corrected chi connectivity index (χ2v) is 12.2. The fourth-order valence-electron chi connectivity index (χ4n) is 4.00. The molecule has 0 saturated heterocycles. The molecule has 0 aromatic heterocycles. The van der Waals surface area contributed by atoms with Crippen LogP contribution in [-0.4, -0.2) is 14.3 Å². The number of benzene rings is 1. The van der Waals surface area contributed by atoms with E-state index in [4.69, 9.17) is 11.6 Å². The molecule has 0 aliphatic heterocycles. The first-order valence-electron chi connectivity index (χ1n) is 12.0. The van der Waals surface area contributed by atoms with Crippen LogP contribution < -0.4 is 5.19 Å². The van der Waals surface area contributed by atoms with Crippen LogP contribution >= 0.6 is 11.6 Å². The molecular formula is C25H45ClSi. The van der Waals surface area contributed by atoms with Crippen molar-refractivity contribution in [2.75, 3.05) is 5.50 Å². The summed E-state index contributed by atoms with van der Waals surface area (Å²) in [7, 11) is -0.899. The van der Waals surface area contributed by atoms with E-state index in [2.05, 4.69) is 37.3 Å². The van der Waals surface area contributed by atoms with E-state index in [1.165, 1.54) is 109 Å². The molecule has 1 unspecified atom stereocenters. The van der Waals surface area contributed by atoms with Crippen molar-refractivity contribution in [2.24, 2.45) is 0 Å². The first-order valence-corrected chi connectivity index (χ1v) is 14.7. The van der Waals surface area contributed by atoms with Gasteiger partial charge in [0.25, 0.3) is 0 Å². The third-order valence-electron chi connectivity index (χ3n) is 5.86. The highest BCUT2D eigenvalue weighted by molar-refractivity contribution is 6.79. The van der Waals surface area contributed by atoms with Crippen molar-refractivity contribution in [1.82, 2.24) is 0 Å². The number of rotatable bonds is 19. The van der Waals surface area contributed by atoms with Crippen LogP contribution in [0.15, 0.2) is 30.3 Å². The van der Waals surface area contributed by atoms with Gasteiger partial charge < -0.3 is 0 Å². The average Bonchev–Trinajstić information content (AvgIpc) is 2.71. The zero-order valence-electron chi connectivity index (χ0n) is 18.1. The Kier molecular flexibility index (Phi) is 17.5. The summed E-state index contributed by atoms with van der Waals surface area (Å²) in [6.07, 6.45) is 23.1. The van der Waals surface area contributed by atoms with Gasteiger partial charge in [0.15, 0.2) is 0 Å². The SMILES string of the molecule is CCCCCCCCCCCCCCCCCC[SiH](CCl)c1ccccc1. The minimum atomic E-state index is -0.899. The molecule has 0 nitrogen and oxygen atoms in total. The molecular weight excluding hydrogens is 364 g/mol. The van der Waals surface area contributed by atoms with Gasteiger partial charge >= 0.3 is 0 Å². The Morgan fingerprint density at radius 2 is 1.00 bits per heavy atom. The summed E-state index contributed by atoms with van der Waals surface area (Å²) >= 11 is 6.23. The van der Waals surface area contributed by atoms with Crippen LogP contribution in [0.4, 0.5) is 0 Å². The van der Waals surface area contributed by atoms with E-state index in [1.54, 1.807) is 5.19 Å². The van der Waals surface area contributed by atoms with Crippen LogP contribution in [0.25, 0.3) is 0 Å². The molecule has 0 radical (unpaired) electrons. The Labute approximate surface area is 177 Å². The highest BCUT2D eigenvalue weighted by Gasteiger charge is 2.11. The van der Waals surface area contributed by atoms with Crippen LogP contribution in [0.3, 0.4) is 0 Å². The number of halogens is 1. The molecule has 1 aromatic rings. The van der Waals surface area contributed by atoms with Crippen molar-refractivity contribution in [2.45, 2.75) is 116 Å². The van der Waals surface area contributed by atoms with Gasteiger partial charge in [0, 0.05) is 5.50 Å². The van der Waals surface area contributed by atoms with Crippen molar-refractivity contribution in [3.05, 3.63) is 30.3 Å². The summed E-state index contributed by atoms with van der Waals surface area (Å²) in [5.74, 6) is 0. The van der Waals surface area contributed by atoms with Gasteiger partial charge in [-0.3, -0.25) is 0 Å². The minimum absolute atomic E-state index is 0.892. The molecule has 1 aromatic carbocycles. The van der Waals surface area contributed by atoms with Gasteiger partial charge in [-0.2, -0.15) is 0 Å². The Balaban J connectivity index is 1.81. The largest absolute Gasteiger partial charge is 0.130 e. The summed E-state index contributed by atoms with van der Waals surface area (Å²) in [6, 6.07) is 12.4. The maximum atomic E-state index is 6.23. The number of hydrogen-bond donors (Lipinski definition) is 0. The Morgan fingerprint density at radius 1 is 0.593 bits per heavy atom. The van der Waals surface area contributed by atoms with Gasteiger partial charge in [0.1, 0.15) is 0 Å². The fraction of sp³-hybridized carbons (Fsp3) is 0.760. The van der Waals surface area contributed by atoms with Crippen molar-refractivity contribution in [3.63, 3.8) is 0 Å². The summed E-state index contributed by atoms with van der Waals surface area (Å²) < 4.78 is 0. The van der Waals surface area contributed by atoms with Crippen LogP contribution in [0.1, 0.15) is 110 Å². The minimum Gasteiger partial charge on any atom is -0.130 e. The van der Waals surface area contributed by atoms with E-state index >= 15 is 0 Å². The third kappa shape index (κ3) is 14.4. The smallest absolute Gasteiger partial charge is 0.0867 e. The van der Waals surface area contributed by atoms with E-state index in [-0.39, 0.29) is 0 Å². The standard InChI is InChI=1S/C25H45ClSi/c1-2-3-4-5-6-7-8-9-10-11-12-13-14-15-16-20-23-27(24-26)25-21-18-17-19-22-25/h17-19,21-22,27H,2-16,20,23-24H2,1H3. The maximum absolute atomic E-state index is 6.23. The van der Waals surface area contributed by atoms with Crippen LogP contribution in [0.5, 0.6) is 0 Å². The summed E-state index contributed by atoms with van der Waals surface area (Å²) in [5.41, 5.74) is 0.892. The first-order chi connectivity index (χ1) is 13.4. The second kappa shape index (κ2) is 19.1. The van der Waals surface area contributed by atoms with E-state index in [0.29, 0.717) is 0 Å². The van der Waals surface area contributed by atoms with Crippen molar-refractivity contribution >= 4 is 25.6 Å². The lowest BCUT2D eigenvalue weighted by atomic mass is 10.0. The molecule has 0 N–H and O–H groups in total. The predicted octanol–water partition coefficient (Wildman–Crippen LogP) is 8.16. The van der Waals surface area contributed by atoms with Gasteiger partial charge in [-0.1, -0.05) is 151 Å². The van der Waals surface area contributed by atoms with Gasteiger partial charge in [0.05, 0.1) is 8.80 Å². The highest BCUT2D eigenvalue weighted by Crippen LogP contribution is 2.14. The molecule has 2 heteroatoms. The van der Waals surface area contributed by atoms with Gasteiger partial charge in [-0.25, -0.2) is 0 Å². The number of hydrogen-bond acceptors (Lipinski definition) is 0. The van der Waals surface area contributed by atoms with Crippen molar-refractivity contribution < 1.29 is 0 Å². The van der Waals surface area contributed by atoms with E-state index < -0.39 is 8.80 Å². The lowest BCUT2D eigenvalue weighted by Crippen LogP contribution is -2.31. The molecule has 0 spiro atoms. The van der Waals surface area contributed by atoms with Gasteiger partial charge in [0.2, 0.25) is 0 Å². The third-order valence-corrected chi connectivity index (χ3v) is 9.79. The van der Waals surface area contributed by atoms with Crippen LogP contribution in [0.2, 0.25) is 6.04 Å². The molecule has 0 bridgehead atoms. The fourth-order valence-corrected chi connectivity index (χ4v) is 7.21. The normalized spacial score (nSPS) is 12.4. The van der Waals surface area contributed by atoms with Crippen LogP contribution in [0, 0.1) is 0 Å². The quantitative estimate of drug-likeness (QED) is 0.123. The van der Waals surface area contributed by atoms with Crippen molar-refractivity contribution in [1.29, 1.82) is 0 Å². The molecule has 156 valence electrons. The molecule has 0 heterocycles. The molecule has 27 heavy (non-hydrogen) atoms. The molecule has 0 aliphatic carbocycles. The first kappa shape index (κ1) is 24.8. The lowest BCUT2D eigenvalue weighted by molar-refractivity contribution is 0.531. The van der Waals surface area contributed by atoms with Gasteiger partial charge in [-0.05, 0) is 0 Å². The van der Waals surface area contributed by atoms with Gasteiger partial charge in [-0.15, -0.1) is 11.6 Å². The second-order valence-electron chi connectivity index (χ2n) is 8.35. The average molecular weight is 409 g/mol. The number of unbranched alkanes of at least 4 members (excludes halogenated alkanes) is 15. The Morgan fingerprint density at radius 3 is 1.41 bits per heavy atom. The van der Waals surface area contributed by atoms with Crippen molar-refractivity contribution in [3.8, 4) is 0 Å². The number of alkyl halides is 1. The monoisotopic (exact) mass is 408 g/mol. The predicted molar refractivity (Wildman–Crippen MR) is 128 cm³/mol. The topological polar surface area (TPSA) is 0 Å². The Hall–Kier alpha value is -0.273. The van der Waals surface area contributed by atoms with Crippen LogP contribution in [-0.2, 0) is 0 Å². The van der Waals surface area contributed by atoms with E-state index in [1.807, 2.05) is 0 Å².